The van der Waals surface area contributed by atoms with E-state index < -0.39 is 15.9 Å². The first-order valence-electron chi connectivity index (χ1n) is 8.17. The Kier molecular flexibility index (Phi) is 8.86. The van der Waals surface area contributed by atoms with Gasteiger partial charge in [0.05, 0.1) is 12.3 Å². The number of carbonyl (C=O) groups excluding carboxylic acids is 1. The van der Waals surface area contributed by atoms with E-state index in [1.807, 2.05) is 6.92 Å². The first-order valence-corrected chi connectivity index (χ1v) is 9.78. The maximum atomic E-state index is 12.4. The lowest BCUT2D eigenvalue weighted by atomic mass is 10.2. The van der Waals surface area contributed by atoms with E-state index in [9.17, 15) is 13.2 Å². The fourth-order valence-corrected chi connectivity index (χ4v) is 3.74. The van der Waals surface area contributed by atoms with E-state index in [0.29, 0.717) is 13.0 Å². The number of nitrogens with one attached hydrogen (secondary N) is 1. The number of unbranched alkanes of at least 4 members (excludes halogenated alkanes) is 4. The molecule has 132 valence electrons. The highest BCUT2D eigenvalue weighted by molar-refractivity contribution is 7.89. The Morgan fingerprint density at radius 1 is 1.22 bits per heavy atom. The highest BCUT2D eigenvalue weighted by Gasteiger charge is 2.23. The fourth-order valence-electron chi connectivity index (χ4n) is 2.11. The summed E-state index contributed by atoms with van der Waals surface area (Å²) in [6.07, 6.45) is 6.60. The predicted octanol–water partition coefficient (Wildman–Crippen LogP) is 2.63. The Labute approximate surface area is 138 Å². The average Bonchev–Trinajstić information content (AvgIpc) is 3.01. The van der Waals surface area contributed by atoms with Crippen molar-refractivity contribution in [3.8, 4) is 0 Å². The second-order valence-electron chi connectivity index (χ2n) is 5.50. The fraction of sp³-hybridized carbons (Fsp3) is 0.733. The third-order valence-corrected chi connectivity index (χ3v) is 5.34. The summed E-state index contributed by atoms with van der Waals surface area (Å²) in [4.78, 5) is 12.0. The monoisotopic (exact) mass is 345 g/mol. The van der Waals surface area contributed by atoms with Crippen LogP contribution in [-0.2, 0) is 14.8 Å². The molecule has 0 unspecified atom stereocenters. The van der Waals surface area contributed by atoms with Crippen molar-refractivity contribution in [2.24, 2.45) is 0 Å². The molecule has 0 aromatic carbocycles. The minimum atomic E-state index is -3.42. The summed E-state index contributed by atoms with van der Waals surface area (Å²) >= 11 is 0. The van der Waals surface area contributed by atoms with Crippen molar-refractivity contribution in [1.29, 1.82) is 0 Å². The van der Waals surface area contributed by atoms with Crippen LogP contribution in [0.2, 0.25) is 0 Å². The van der Waals surface area contributed by atoms with Crippen molar-refractivity contribution in [2.75, 3.05) is 24.2 Å². The first kappa shape index (κ1) is 19.6. The van der Waals surface area contributed by atoms with Crippen LogP contribution in [0.3, 0.4) is 0 Å². The lowest BCUT2D eigenvalue weighted by Gasteiger charge is -2.21. The van der Waals surface area contributed by atoms with Gasteiger partial charge in [-0.1, -0.05) is 44.7 Å². The summed E-state index contributed by atoms with van der Waals surface area (Å²) < 4.78 is 30.7. The molecule has 23 heavy (non-hydrogen) atoms. The Bertz CT molecular complexity index is 543. The van der Waals surface area contributed by atoms with Crippen LogP contribution in [0, 0.1) is 0 Å². The minimum Gasteiger partial charge on any atom is -0.363 e. The van der Waals surface area contributed by atoms with Gasteiger partial charge in [0.2, 0.25) is 15.9 Å². The Morgan fingerprint density at radius 3 is 2.57 bits per heavy atom. The smallest absolute Gasteiger partial charge is 0.240 e. The zero-order valence-corrected chi connectivity index (χ0v) is 14.8. The van der Waals surface area contributed by atoms with Crippen LogP contribution in [0.4, 0.5) is 5.82 Å². The van der Waals surface area contributed by atoms with Crippen LogP contribution in [0.15, 0.2) is 16.9 Å². The van der Waals surface area contributed by atoms with Gasteiger partial charge in [-0.15, -0.1) is 0 Å². The molecule has 1 heterocycles. The van der Waals surface area contributed by atoms with E-state index in [-0.39, 0.29) is 18.1 Å². The quantitative estimate of drug-likeness (QED) is 0.588. The molecule has 0 radical (unpaired) electrons. The zero-order chi connectivity index (χ0) is 17.1. The summed E-state index contributed by atoms with van der Waals surface area (Å²) in [5.41, 5.74) is 0. The van der Waals surface area contributed by atoms with Crippen LogP contribution in [0.5, 0.6) is 0 Å². The molecule has 1 aromatic heterocycles. The van der Waals surface area contributed by atoms with Gasteiger partial charge in [0.15, 0.2) is 5.82 Å². The van der Waals surface area contributed by atoms with Crippen LogP contribution in [0.1, 0.15) is 52.4 Å². The number of hydrogen-bond acceptors (Lipinski definition) is 5. The summed E-state index contributed by atoms with van der Waals surface area (Å²) in [5, 5.41) is 6.12. The lowest BCUT2D eigenvalue weighted by molar-refractivity contribution is -0.116. The molecule has 0 atom stereocenters. The Balaban J connectivity index is 2.63. The van der Waals surface area contributed by atoms with Crippen LogP contribution in [0.25, 0.3) is 0 Å². The Morgan fingerprint density at radius 2 is 1.96 bits per heavy atom. The second-order valence-corrected chi connectivity index (χ2v) is 7.59. The molecule has 1 amide bonds. The van der Waals surface area contributed by atoms with Gasteiger partial charge >= 0.3 is 0 Å². The summed E-state index contributed by atoms with van der Waals surface area (Å²) in [5.74, 6) is -0.0459. The number of carbonyl (C=O) groups is 1. The number of sulfonamides is 1. The molecule has 1 rings (SSSR count). The number of aromatic nitrogens is 1. The average molecular weight is 345 g/mol. The highest BCUT2D eigenvalue weighted by atomic mass is 32.2. The van der Waals surface area contributed by atoms with Crippen molar-refractivity contribution in [1.82, 2.24) is 9.46 Å². The van der Waals surface area contributed by atoms with Gasteiger partial charge in [-0.2, -0.15) is 4.31 Å². The molecule has 0 saturated heterocycles. The SMILES string of the molecule is CCCCCCN(CC(=O)Nc1ccon1)S(=O)(=O)CCCC. The molecule has 0 saturated carbocycles. The Hall–Kier alpha value is -1.41. The summed E-state index contributed by atoms with van der Waals surface area (Å²) in [6.45, 7) is 4.23. The van der Waals surface area contributed by atoms with Gasteiger partial charge in [-0.25, -0.2) is 8.42 Å². The molecular formula is C15H27N3O4S. The number of amides is 1. The molecule has 0 fully saturated rings. The van der Waals surface area contributed by atoms with Crippen molar-refractivity contribution in [3.63, 3.8) is 0 Å². The molecule has 7 nitrogen and oxygen atoms in total. The summed E-state index contributed by atoms with van der Waals surface area (Å²) in [7, 11) is -3.42. The van der Waals surface area contributed by atoms with Crippen LogP contribution < -0.4 is 5.32 Å². The highest BCUT2D eigenvalue weighted by Crippen LogP contribution is 2.10. The van der Waals surface area contributed by atoms with E-state index in [0.717, 1.165) is 32.1 Å². The van der Waals surface area contributed by atoms with E-state index >= 15 is 0 Å². The molecule has 0 aliphatic rings. The maximum Gasteiger partial charge on any atom is 0.240 e. The molecular weight excluding hydrogens is 318 g/mol. The van der Waals surface area contributed by atoms with Gasteiger partial charge in [0.25, 0.3) is 0 Å². The second kappa shape index (κ2) is 10.4. The zero-order valence-electron chi connectivity index (χ0n) is 14.0. The predicted molar refractivity (Wildman–Crippen MR) is 89.5 cm³/mol. The number of nitrogens with zero attached hydrogens (tertiary/aromatic N) is 2. The van der Waals surface area contributed by atoms with Crippen LogP contribution >= 0.6 is 0 Å². The van der Waals surface area contributed by atoms with Crippen molar-refractivity contribution < 1.29 is 17.7 Å². The molecule has 0 bridgehead atoms. The molecule has 0 aliphatic heterocycles. The molecule has 1 aromatic rings. The van der Waals surface area contributed by atoms with E-state index in [4.69, 9.17) is 0 Å². The van der Waals surface area contributed by atoms with Crippen molar-refractivity contribution in [2.45, 2.75) is 52.4 Å². The molecule has 8 heteroatoms. The number of anilines is 1. The van der Waals surface area contributed by atoms with E-state index in [1.54, 1.807) is 0 Å². The molecule has 0 spiro atoms. The van der Waals surface area contributed by atoms with E-state index in [2.05, 4.69) is 21.9 Å². The standard InChI is InChI=1S/C15H27N3O4S/c1-3-5-7-8-10-18(23(20,21)12-6-4-2)13-15(19)16-14-9-11-22-17-14/h9,11H,3-8,10,12-13H2,1-2H3,(H,16,17,19). The molecule has 0 aliphatic carbocycles. The maximum absolute atomic E-state index is 12.4. The third kappa shape index (κ3) is 7.60. The lowest BCUT2D eigenvalue weighted by Crippen LogP contribution is -2.40. The van der Waals surface area contributed by atoms with E-state index in [1.165, 1.54) is 16.6 Å². The van der Waals surface area contributed by atoms with Gasteiger partial charge in [0, 0.05) is 12.6 Å². The summed E-state index contributed by atoms with van der Waals surface area (Å²) in [6, 6.07) is 1.51. The topological polar surface area (TPSA) is 92.5 Å². The van der Waals surface area contributed by atoms with Crippen molar-refractivity contribution in [3.05, 3.63) is 12.3 Å². The van der Waals surface area contributed by atoms with Gasteiger partial charge in [-0.3, -0.25) is 4.79 Å². The molecule has 1 N–H and O–H groups in total. The number of rotatable bonds is 12. The third-order valence-electron chi connectivity index (χ3n) is 3.44. The van der Waals surface area contributed by atoms with Crippen LogP contribution in [-0.4, -0.2) is 42.6 Å². The number of hydrogen-bond donors (Lipinski definition) is 1. The first-order chi connectivity index (χ1) is 11.0. The normalized spacial score (nSPS) is 11.8. The largest absolute Gasteiger partial charge is 0.363 e. The van der Waals surface area contributed by atoms with Gasteiger partial charge < -0.3 is 9.84 Å². The van der Waals surface area contributed by atoms with Gasteiger partial charge in [-0.05, 0) is 12.8 Å². The van der Waals surface area contributed by atoms with Crippen molar-refractivity contribution >= 4 is 21.7 Å². The minimum absolute atomic E-state index is 0.0779. The van der Waals surface area contributed by atoms with Gasteiger partial charge in [0.1, 0.15) is 6.26 Å².